The maximum absolute atomic E-state index is 11.2. The molecule has 0 spiro atoms. The van der Waals surface area contributed by atoms with Crippen molar-refractivity contribution in [2.45, 2.75) is 32.1 Å². The summed E-state index contributed by atoms with van der Waals surface area (Å²) in [6.45, 7) is 6.02. The molecule has 3 heterocycles. The van der Waals surface area contributed by atoms with Gasteiger partial charge in [0.2, 0.25) is 0 Å². The van der Waals surface area contributed by atoms with Crippen molar-refractivity contribution in [3.63, 3.8) is 0 Å². The van der Waals surface area contributed by atoms with E-state index < -0.39 is 0 Å². The summed E-state index contributed by atoms with van der Waals surface area (Å²) in [7, 11) is 0. The van der Waals surface area contributed by atoms with Gasteiger partial charge in [0.25, 0.3) is 5.56 Å². The number of anilines is 1. The maximum atomic E-state index is 11.2. The zero-order valence-electron chi connectivity index (χ0n) is 11.8. The average Bonchev–Trinajstić information content (AvgIpc) is 3.07. The van der Waals surface area contributed by atoms with Crippen LogP contribution < -0.4 is 10.5 Å². The van der Waals surface area contributed by atoms with Gasteiger partial charge in [0.1, 0.15) is 11.6 Å². The SMILES string of the molecule is CC(C)c1nccc(N2CCC(c3cc(=O)[nH][nH]3)C2)n1. The second-order valence-corrected chi connectivity index (χ2v) is 5.57. The van der Waals surface area contributed by atoms with Gasteiger partial charge in [0, 0.05) is 42.9 Å². The molecule has 20 heavy (non-hydrogen) atoms. The number of nitrogens with zero attached hydrogens (tertiary/aromatic N) is 3. The summed E-state index contributed by atoms with van der Waals surface area (Å²) in [5.41, 5.74) is 0.915. The summed E-state index contributed by atoms with van der Waals surface area (Å²) in [5, 5.41) is 5.55. The first kappa shape index (κ1) is 12.9. The summed E-state index contributed by atoms with van der Waals surface area (Å²) in [6, 6.07) is 3.60. The van der Waals surface area contributed by atoms with Crippen LogP contribution in [0.5, 0.6) is 0 Å². The highest BCUT2D eigenvalue weighted by atomic mass is 16.1. The van der Waals surface area contributed by atoms with E-state index in [9.17, 15) is 4.79 Å². The van der Waals surface area contributed by atoms with E-state index in [0.29, 0.717) is 11.8 Å². The molecule has 106 valence electrons. The third-order valence-electron chi connectivity index (χ3n) is 3.74. The first-order valence-corrected chi connectivity index (χ1v) is 6.99. The summed E-state index contributed by atoms with van der Waals surface area (Å²) in [4.78, 5) is 22.4. The standard InChI is InChI=1S/C14H19N5O/c1-9(2)14-15-5-3-12(16-14)19-6-4-10(8-19)11-7-13(20)18-17-11/h3,5,7,9-10H,4,6,8H2,1-2H3,(H2,17,18,20). The van der Waals surface area contributed by atoms with E-state index in [-0.39, 0.29) is 5.56 Å². The zero-order valence-corrected chi connectivity index (χ0v) is 11.8. The molecule has 0 aromatic carbocycles. The fourth-order valence-corrected chi connectivity index (χ4v) is 2.61. The minimum Gasteiger partial charge on any atom is -0.356 e. The van der Waals surface area contributed by atoms with Crippen LogP contribution in [0.3, 0.4) is 0 Å². The molecule has 1 aliphatic heterocycles. The highest BCUT2D eigenvalue weighted by Crippen LogP contribution is 2.28. The van der Waals surface area contributed by atoms with Crippen molar-refractivity contribution in [2.24, 2.45) is 0 Å². The lowest BCUT2D eigenvalue weighted by molar-refractivity contribution is 0.734. The first-order valence-electron chi connectivity index (χ1n) is 6.99. The molecule has 1 aliphatic rings. The van der Waals surface area contributed by atoms with Gasteiger partial charge in [-0.1, -0.05) is 13.8 Å². The van der Waals surface area contributed by atoms with Crippen LogP contribution in [-0.4, -0.2) is 33.3 Å². The van der Waals surface area contributed by atoms with Gasteiger partial charge in [0.05, 0.1) is 0 Å². The molecule has 6 heteroatoms. The van der Waals surface area contributed by atoms with Gasteiger partial charge in [0.15, 0.2) is 0 Å². The van der Waals surface area contributed by atoms with Crippen molar-refractivity contribution in [1.82, 2.24) is 20.2 Å². The van der Waals surface area contributed by atoms with Crippen molar-refractivity contribution in [2.75, 3.05) is 18.0 Å². The van der Waals surface area contributed by atoms with E-state index in [2.05, 4.69) is 38.9 Å². The lowest BCUT2D eigenvalue weighted by Gasteiger charge is -2.18. The highest BCUT2D eigenvalue weighted by molar-refractivity contribution is 5.40. The third kappa shape index (κ3) is 2.45. The van der Waals surface area contributed by atoms with E-state index in [1.165, 1.54) is 0 Å². The molecule has 0 aliphatic carbocycles. The minimum absolute atomic E-state index is 0.0671. The van der Waals surface area contributed by atoms with Gasteiger partial charge < -0.3 is 10.00 Å². The summed E-state index contributed by atoms with van der Waals surface area (Å²) < 4.78 is 0. The number of aromatic nitrogens is 4. The number of hydrogen-bond donors (Lipinski definition) is 2. The minimum atomic E-state index is -0.0671. The predicted octanol–water partition coefficient (Wildman–Crippen LogP) is 1.61. The Balaban J connectivity index is 1.77. The zero-order chi connectivity index (χ0) is 14.1. The molecule has 6 nitrogen and oxygen atoms in total. The molecule has 2 N–H and O–H groups in total. The molecule has 0 saturated carbocycles. The normalized spacial score (nSPS) is 18.9. The molecule has 0 amide bonds. The molecule has 2 aromatic heterocycles. The number of aromatic amines is 2. The first-order chi connectivity index (χ1) is 9.63. The van der Waals surface area contributed by atoms with E-state index in [4.69, 9.17) is 0 Å². The molecule has 2 aromatic rings. The van der Waals surface area contributed by atoms with E-state index in [1.807, 2.05) is 12.3 Å². The monoisotopic (exact) mass is 273 g/mol. The molecule has 1 saturated heterocycles. The van der Waals surface area contributed by atoms with Crippen molar-refractivity contribution in [3.8, 4) is 0 Å². The fourth-order valence-electron chi connectivity index (χ4n) is 2.61. The van der Waals surface area contributed by atoms with Crippen LogP contribution in [0, 0.1) is 0 Å². The fraction of sp³-hybridized carbons (Fsp3) is 0.500. The van der Waals surface area contributed by atoms with Crippen LogP contribution in [0.1, 0.15) is 43.6 Å². The lowest BCUT2D eigenvalue weighted by atomic mass is 10.1. The predicted molar refractivity (Wildman–Crippen MR) is 77.1 cm³/mol. The number of H-pyrrole nitrogens is 2. The second kappa shape index (κ2) is 5.11. The molecular formula is C14H19N5O. The van der Waals surface area contributed by atoms with Crippen molar-refractivity contribution >= 4 is 5.82 Å². The van der Waals surface area contributed by atoms with Crippen molar-refractivity contribution in [3.05, 3.63) is 40.2 Å². The Bertz CT molecular complexity index is 645. The largest absolute Gasteiger partial charge is 0.356 e. The second-order valence-electron chi connectivity index (χ2n) is 5.57. The Morgan fingerprint density at radius 3 is 2.95 bits per heavy atom. The Kier molecular flexibility index (Phi) is 3.30. The quantitative estimate of drug-likeness (QED) is 0.890. The number of hydrogen-bond acceptors (Lipinski definition) is 4. The highest BCUT2D eigenvalue weighted by Gasteiger charge is 2.26. The van der Waals surface area contributed by atoms with Gasteiger partial charge in [-0.2, -0.15) is 0 Å². The van der Waals surface area contributed by atoms with E-state index >= 15 is 0 Å². The van der Waals surface area contributed by atoms with Crippen LogP contribution in [0.25, 0.3) is 0 Å². The lowest BCUT2D eigenvalue weighted by Crippen LogP contribution is -2.21. The molecule has 1 atom stereocenters. The third-order valence-corrected chi connectivity index (χ3v) is 3.74. The Morgan fingerprint density at radius 2 is 2.25 bits per heavy atom. The van der Waals surface area contributed by atoms with Crippen LogP contribution in [-0.2, 0) is 0 Å². The summed E-state index contributed by atoms with van der Waals surface area (Å²) in [5.74, 6) is 2.53. The smallest absolute Gasteiger partial charge is 0.264 e. The summed E-state index contributed by atoms with van der Waals surface area (Å²) >= 11 is 0. The van der Waals surface area contributed by atoms with Gasteiger partial charge in [-0.05, 0) is 12.5 Å². The molecule has 0 radical (unpaired) electrons. The van der Waals surface area contributed by atoms with Crippen LogP contribution in [0.15, 0.2) is 23.1 Å². The van der Waals surface area contributed by atoms with E-state index in [1.54, 1.807) is 6.07 Å². The molecule has 1 fully saturated rings. The van der Waals surface area contributed by atoms with Crippen molar-refractivity contribution in [1.29, 1.82) is 0 Å². The molecule has 3 rings (SSSR count). The molecular weight excluding hydrogens is 254 g/mol. The number of rotatable bonds is 3. The topological polar surface area (TPSA) is 77.7 Å². The van der Waals surface area contributed by atoms with Gasteiger partial charge >= 0.3 is 0 Å². The molecule has 0 bridgehead atoms. The Labute approximate surface area is 117 Å². The van der Waals surface area contributed by atoms with E-state index in [0.717, 1.165) is 36.8 Å². The van der Waals surface area contributed by atoms with Crippen LogP contribution >= 0.6 is 0 Å². The Morgan fingerprint density at radius 1 is 1.40 bits per heavy atom. The van der Waals surface area contributed by atoms with Gasteiger partial charge in [-0.25, -0.2) is 9.97 Å². The van der Waals surface area contributed by atoms with Gasteiger partial charge in [-0.3, -0.25) is 9.89 Å². The summed E-state index contributed by atoms with van der Waals surface area (Å²) in [6.07, 6.45) is 2.85. The Hall–Kier alpha value is -2.11. The van der Waals surface area contributed by atoms with Crippen LogP contribution in [0.2, 0.25) is 0 Å². The number of nitrogens with one attached hydrogen (secondary N) is 2. The van der Waals surface area contributed by atoms with Crippen LogP contribution in [0.4, 0.5) is 5.82 Å². The average molecular weight is 273 g/mol. The molecule has 1 unspecified atom stereocenters. The maximum Gasteiger partial charge on any atom is 0.264 e. The van der Waals surface area contributed by atoms with Crippen molar-refractivity contribution < 1.29 is 0 Å². The van der Waals surface area contributed by atoms with Gasteiger partial charge in [-0.15, -0.1) is 0 Å².